The molecule has 0 bridgehead atoms. The Hall–Kier alpha value is -2.92. The van der Waals surface area contributed by atoms with Gasteiger partial charge in [0.1, 0.15) is 9.84 Å². The van der Waals surface area contributed by atoms with E-state index in [-0.39, 0.29) is 11.7 Å². The average Bonchev–Trinajstić information content (AvgIpc) is 2.84. The van der Waals surface area contributed by atoms with Crippen LogP contribution in [0, 0.1) is 0 Å². The molecule has 0 aromatic heterocycles. The molecule has 3 aromatic carbocycles. The Kier molecular flexibility index (Phi) is 6.99. The lowest BCUT2D eigenvalue weighted by Gasteiger charge is -2.36. The van der Waals surface area contributed by atoms with Gasteiger partial charge in [-0.15, -0.1) is 0 Å². The van der Waals surface area contributed by atoms with Crippen molar-refractivity contribution >= 4 is 21.4 Å². The van der Waals surface area contributed by atoms with Crippen molar-refractivity contribution in [3.8, 4) is 11.1 Å². The number of aryl methyl sites for hydroxylation is 1. The van der Waals surface area contributed by atoms with E-state index in [1.165, 1.54) is 12.7 Å². The first-order chi connectivity index (χ1) is 15.9. The molecule has 0 radical (unpaired) electrons. The SMILES string of the molecule is CS(=O)(=O)CCc1ccc(-c2cccc(NC(=O)C3(c4ccccc4)CCCCC3)c2)cc1. The number of benzene rings is 3. The maximum Gasteiger partial charge on any atom is 0.235 e. The normalized spacial score (nSPS) is 15.7. The van der Waals surface area contributed by atoms with E-state index in [4.69, 9.17) is 0 Å². The molecule has 1 aliphatic carbocycles. The van der Waals surface area contributed by atoms with Crippen LogP contribution in [0.25, 0.3) is 11.1 Å². The zero-order valence-electron chi connectivity index (χ0n) is 19.1. The third-order valence-electron chi connectivity index (χ3n) is 6.64. The summed E-state index contributed by atoms with van der Waals surface area (Å²) in [5.74, 6) is 0.221. The molecule has 0 atom stereocenters. The predicted octanol–water partition coefficient (Wildman–Crippen LogP) is 5.78. The molecule has 4 nitrogen and oxygen atoms in total. The van der Waals surface area contributed by atoms with Gasteiger partial charge in [-0.2, -0.15) is 0 Å². The van der Waals surface area contributed by atoms with E-state index in [1.54, 1.807) is 0 Å². The molecule has 0 saturated heterocycles. The fraction of sp³-hybridized carbons (Fsp3) is 0.321. The largest absolute Gasteiger partial charge is 0.325 e. The van der Waals surface area contributed by atoms with Crippen molar-refractivity contribution in [3.63, 3.8) is 0 Å². The van der Waals surface area contributed by atoms with Crippen LogP contribution < -0.4 is 5.32 Å². The first-order valence-electron chi connectivity index (χ1n) is 11.6. The van der Waals surface area contributed by atoms with Crippen LogP contribution in [0.1, 0.15) is 43.2 Å². The highest BCUT2D eigenvalue weighted by atomic mass is 32.2. The van der Waals surface area contributed by atoms with Gasteiger partial charge in [-0.1, -0.05) is 86.0 Å². The van der Waals surface area contributed by atoms with Crippen molar-refractivity contribution < 1.29 is 13.2 Å². The minimum atomic E-state index is -2.98. The second kappa shape index (κ2) is 9.92. The Bertz CT molecular complexity index is 1200. The summed E-state index contributed by atoms with van der Waals surface area (Å²) in [6.07, 6.45) is 6.82. The number of hydrogen-bond acceptors (Lipinski definition) is 3. The molecule has 0 heterocycles. The van der Waals surface area contributed by atoms with Crippen molar-refractivity contribution in [1.29, 1.82) is 0 Å². The molecule has 33 heavy (non-hydrogen) atoms. The molecule has 0 aliphatic heterocycles. The van der Waals surface area contributed by atoms with Gasteiger partial charge in [0.15, 0.2) is 0 Å². The number of carbonyl (C=O) groups excluding carboxylic acids is 1. The van der Waals surface area contributed by atoms with Gasteiger partial charge in [-0.05, 0) is 53.6 Å². The summed E-state index contributed by atoms with van der Waals surface area (Å²) in [5, 5.41) is 3.20. The van der Waals surface area contributed by atoms with E-state index in [9.17, 15) is 13.2 Å². The maximum absolute atomic E-state index is 13.6. The molecule has 3 aromatic rings. The van der Waals surface area contributed by atoms with E-state index < -0.39 is 15.3 Å². The smallest absolute Gasteiger partial charge is 0.235 e. The van der Waals surface area contributed by atoms with Crippen molar-refractivity contribution in [2.24, 2.45) is 0 Å². The first kappa shape index (κ1) is 23.2. The second-order valence-corrected chi connectivity index (χ2v) is 11.4. The fourth-order valence-corrected chi connectivity index (χ4v) is 5.36. The monoisotopic (exact) mass is 461 g/mol. The third kappa shape index (κ3) is 5.72. The molecular formula is C28H31NO3S. The lowest BCUT2D eigenvalue weighted by atomic mass is 9.68. The molecule has 1 amide bonds. The van der Waals surface area contributed by atoms with E-state index >= 15 is 0 Å². The van der Waals surface area contributed by atoms with Crippen molar-refractivity contribution in [1.82, 2.24) is 0 Å². The lowest BCUT2D eigenvalue weighted by molar-refractivity contribution is -0.122. The Morgan fingerprint density at radius 1 is 0.848 bits per heavy atom. The molecule has 0 unspecified atom stereocenters. The molecule has 1 aliphatic rings. The van der Waals surface area contributed by atoms with Crippen LogP contribution in [0.5, 0.6) is 0 Å². The Morgan fingerprint density at radius 3 is 2.21 bits per heavy atom. The topological polar surface area (TPSA) is 63.2 Å². The zero-order chi connectivity index (χ0) is 23.3. The van der Waals surface area contributed by atoms with E-state index in [2.05, 4.69) is 17.4 Å². The van der Waals surface area contributed by atoms with Crippen molar-refractivity contribution in [3.05, 3.63) is 90.0 Å². The van der Waals surface area contributed by atoms with Gasteiger partial charge in [-0.25, -0.2) is 8.42 Å². The molecular weight excluding hydrogens is 430 g/mol. The van der Waals surface area contributed by atoms with E-state index in [0.717, 1.165) is 53.6 Å². The van der Waals surface area contributed by atoms with Crippen molar-refractivity contribution in [2.75, 3.05) is 17.3 Å². The number of carbonyl (C=O) groups is 1. The lowest BCUT2D eigenvalue weighted by Crippen LogP contribution is -2.42. The number of sulfone groups is 1. The average molecular weight is 462 g/mol. The van der Waals surface area contributed by atoms with Crippen LogP contribution >= 0.6 is 0 Å². The summed E-state index contributed by atoms with van der Waals surface area (Å²) in [5.41, 5.74) is 4.46. The summed E-state index contributed by atoms with van der Waals surface area (Å²) in [6.45, 7) is 0. The fourth-order valence-electron chi connectivity index (χ4n) is 4.75. The minimum absolute atomic E-state index is 0.0710. The summed E-state index contributed by atoms with van der Waals surface area (Å²) >= 11 is 0. The van der Waals surface area contributed by atoms with Gasteiger partial charge in [0.25, 0.3) is 0 Å². The predicted molar refractivity (Wildman–Crippen MR) is 135 cm³/mol. The van der Waals surface area contributed by atoms with Gasteiger partial charge in [0, 0.05) is 11.9 Å². The standard InChI is InChI=1S/C28H31NO3S/c1-33(31,32)20-17-22-13-15-23(16-14-22)24-9-8-12-26(21-24)29-27(30)28(18-6-3-7-19-28)25-10-4-2-5-11-25/h2,4-5,8-16,21H,3,6-7,17-20H2,1H3,(H,29,30). The molecule has 1 fully saturated rings. The third-order valence-corrected chi connectivity index (χ3v) is 7.58. The van der Waals surface area contributed by atoms with Crippen LogP contribution in [0.15, 0.2) is 78.9 Å². The summed E-state index contributed by atoms with van der Waals surface area (Å²) in [7, 11) is -2.98. The van der Waals surface area contributed by atoms with Crippen LogP contribution in [-0.4, -0.2) is 26.3 Å². The van der Waals surface area contributed by atoms with Gasteiger partial charge in [-0.3, -0.25) is 4.79 Å². The summed E-state index contributed by atoms with van der Waals surface area (Å²) < 4.78 is 22.8. The highest BCUT2D eigenvalue weighted by Crippen LogP contribution is 2.40. The summed E-state index contributed by atoms with van der Waals surface area (Å²) in [6, 6.07) is 26.0. The zero-order valence-corrected chi connectivity index (χ0v) is 19.9. The number of rotatable bonds is 7. The number of hydrogen-bond donors (Lipinski definition) is 1. The highest BCUT2D eigenvalue weighted by Gasteiger charge is 2.41. The minimum Gasteiger partial charge on any atom is -0.325 e. The highest BCUT2D eigenvalue weighted by molar-refractivity contribution is 7.90. The van der Waals surface area contributed by atoms with Crippen LogP contribution in [0.4, 0.5) is 5.69 Å². The second-order valence-electron chi connectivity index (χ2n) is 9.12. The Morgan fingerprint density at radius 2 is 1.55 bits per heavy atom. The van der Waals surface area contributed by atoms with Gasteiger partial charge in [0.05, 0.1) is 11.2 Å². The molecule has 0 spiro atoms. The van der Waals surface area contributed by atoms with Crippen LogP contribution in [0.2, 0.25) is 0 Å². The van der Waals surface area contributed by atoms with Crippen LogP contribution in [-0.2, 0) is 26.5 Å². The van der Waals surface area contributed by atoms with Gasteiger partial charge >= 0.3 is 0 Å². The Balaban J connectivity index is 1.52. The maximum atomic E-state index is 13.6. The Labute approximate surface area is 197 Å². The number of anilines is 1. The number of nitrogens with one attached hydrogen (secondary N) is 1. The van der Waals surface area contributed by atoms with Gasteiger partial charge in [0.2, 0.25) is 5.91 Å². The van der Waals surface area contributed by atoms with E-state index in [0.29, 0.717) is 6.42 Å². The number of amides is 1. The molecule has 4 rings (SSSR count). The molecule has 1 N–H and O–H groups in total. The van der Waals surface area contributed by atoms with E-state index in [1.807, 2.05) is 66.7 Å². The van der Waals surface area contributed by atoms with Gasteiger partial charge < -0.3 is 5.32 Å². The molecule has 1 saturated carbocycles. The van der Waals surface area contributed by atoms with Crippen molar-refractivity contribution in [2.45, 2.75) is 43.9 Å². The molecule has 172 valence electrons. The summed E-state index contributed by atoms with van der Waals surface area (Å²) in [4.78, 5) is 13.6. The first-order valence-corrected chi connectivity index (χ1v) is 13.7. The van der Waals surface area contributed by atoms with Crippen LogP contribution in [0.3, 0.4) is 0 Å². The quantitative estimate of drug-likeness (QED) is 0.485. The molecule has 5 heteroatoms.